The predicted octanol–water partition coefficient (Wildman–Crippen LogP) is 2.68. The summed E-state index contributed by atoms with van der Waals surface area (Å²) in [7, 11) is 0. The minimum absolute atomic E-state index is 0.180. The first kappa shape index (κ1) is 15.2. The molecule has 22 heavy (non-hydrogen) atoms. The largest absolute Gasteiger partial charge is 0.507 e. The molecule has 7 heteroatoms. The van der Waals surface area contributed by atoms with Gasteiger partial charge in [-0.05, 0) is 30.3 Å². The Labute approximate surface area is 125 Å². The number of amides is 1. The lowest BCUT2D eigenvalue weighted by Gasteiger charge is -2.09. The van der Waals surface area contributed by atoms with E-state index in [0.717, 1.165) is 6.07 Å². The maximum atomic E-state index is 11.5. The number of hydrogen-bond acceptors (Lipinski definition) is 5. The number of carbonyl (C=O) groups excluding carboxylic acids is 1. The monoisotopic (exact) mass is 303 g/mol. The maximum absolute atomic E-state index is 11.5. The number of carboxylic acids is 1. The summed E-state index contributed by atoms with van der Waals surface area (Å²) >= 11 is 0. The molecule has 2 aromatic carbocycles. The van der Waals surface area contributed by atoms with Crippen molar-refractivity contribution in [1.29, 1.82) is 0 Å². The van der Waals surface area contributed by atoms with Crippen LogP contribution in [0.2, 0.25) is 0 Å². The number of ether oxygens (including phenoxy) is 2. The van der Waals surface area contributed by atoms with E-state index in [9.17, 15) is 14.7 Å². The summed E-state index contributed by atoms with van der Waals surface area (Å²) < 4.78 is 9.98. The lowest BCUT2D eigenvalue weighted by atomic mass is 10.2. The number of aromatic hydroxyl groups is 1. The number of para-hydroxylation sites is 1. The predicted molar refractivity (Wildman–Crippen MR) is 77.1 cm³/mol. The third-order valence-electron chi connectivity index (χ3n) is 2.63. The van der Waals surface area contributed by atoms with Crippen LogP contribution in [0.4, 0.5) is 10.5 Å². The fraction of sp³-hybridized carbons (Fsp3) is 0.0667. The zero-order valence-electron chi connectivity index (χ0n) is 11.4. The van der Waals surface area contributed by atoms with Gasteiger partial charge >= 0.3 is 12.1 Å². The van der Waals surface area contributed by atoms with E-state index in [1.165, 1.54) is 12.1 Å². The Morgan fingerprint density at radius 1 is 1.09 bits per heavy atom. The summed E-state index contributed by atoms with van der Waals surface area (Å²) in [5.74, 6) is -1.14. The van der Waals surface area contributed by atoms with E-state index in [2.05, 4.69) is 5.32 Å². The van der Waals surface area contributed by atoms with E-state index in [-0.39, 0.29) is 23.8 Å². The standard InChI is InChI=1S/C15H13NO6/c17-13-7-6-10(8-12(13)14(18)19)16-15(20)22-9-21-11-4-2-1-3-5-11/h1-8,17H,9H2,(H,16,20)(H,18,19). The number of carbonyl (C=O) groups is 2. The number of aromatic carboxylic acids is 1. The van der Waals surface area contributed by atoms with Crippen molar-refractivity contribution < 1.29 is 29.3 Å². The highest BCUT2D eigenvalue weighted by Crippen LogP contribution is 2.21. The molecule has 0 spiro atoms. The topological polar surface area (TPSA) is 105 Å². The van der Waals surface area contributed by atoms with E-state index in [1.807, 2.05) is 6.07 Å². The van der Waals surface area contributed by atoms with Crippen molar-refractivity contribution in [3.63, 3.8) is 0 Å². The summed E-state index contributed by atoms with van der Waals surface area (Å²) in [6.07, 6.45) is -0.807. The lowest BCUT2D eigenvalue weighted by Crippen LogP contribution is -2.17. The van der Waals surface area contributed by atoms with Crippen LogP contribution in [0.25, 0.3) is 0 Å². The van der Waals surface area contributed by atoms with Crippen molar-refractivity contribution in [3.05, 3.63) is 54.1 Å². The van der Waals surface area contributed by atoms with Gasteiger partial charge in [0.05, 0.1) is 0 Å². The van der Waals surface area contributed by atoms with E-state index in [4.69, 9.17) is 14.6 Å². The molecule has 3 N–H and O–H groups in total. The normalized spacial score (nSPS) is 9.82. The second-order valence-corrected chi connectivity index (χ2v) is 4.17. The molecule has 2 aromatic rings. The van der Waals surface area contributed by atoms with Gasteiger partial charge in [-0.15, -0.1) is 0 Å². The van der Waals surface area contributed by atoms with Crippen LogP contribution in [-0.4, -0.2) is 29.1 Å². The minimum Gasteiger partial charge on any atom is -0.507 e. The summed E-state index contributed by atoms with van der Waals surface area (Å²) in [5.41, 5.74) is -0.141. The fourth-order valence-electron chi connectivity index (χ4n) is 1.61. The molecule has 7 nitrogen and oxygen atoms in total. The van der Waals surface area contributed by atoms with Crippen LogP contribution in [0.1, 0.15) is 10.4 Å². The average molecular weight is 303 g/mol. The molecule has 0 aliphatic rings. The van der Waals surface area contributed by atoms with Crippen molar-refractivity contribution in [2.45, 2.75) is 0 Å². The fourth-order valence-corrected chi connectivity index (χ4v) is 1.61. The molecule has 0 aliphatic heterocycles. The van der Waals surface area contributed by atoms with Crippen molar-refractivity contribution in [2.75, 3.05) is 12.1 Å². The van der Waals surface area contributed by atoms with E-state index >= 15 is 0 Å². The highest BCUT2D eigenvalue weighted by Gasteiger charge is 2.12. The number of benzene rings is 2. The number of rotatable bonds is 5. The first-order valence-corrected chi connectivity index (χ1v) is 6.24. The molecule has 0 atom stereocenters. The van der Waals surface area contributed by atoms with Crippen LogP contribution in [-0.2, 0) is 4.74 Å². The summed E-state index contributed by atoms with van der Waals surface area (Å²) in [6, 6.07) is 12.4. The van der Waals surface area contributed by atoms with Gasteiger partial charge in [0.15, 0.2) is 0 Å². The number of nitrogens with one attached hydrogen (secondary N) is 1. The Morgan fingerprint density at radius 2 is 1.82 bits per heavy atom. The first-order chi connectivity index (χ1) is 10.6. The van der Waals surface area contributed by atoms with Gasteiger partial charge in [0.25, 0.3) is 0 Å². The van der Waals surface area contributed by atoms with Crippen LogP contribution in [0.15, 0.2) is 48.5 Å². The van der Waals surface area contributed by atoms with Crippen molar-refractivity contribution >= 4 is 17.7 Å². The quantitative estimate of drug-likeness (QED) is 0.579. The van der Waals surface area contributed by atoms with Crippen molar-refractivity contribution in [3.8, 4) is 11.5 Å². The van der Waals surface area contributed by atoms with Crippen LogP contribution < -0.4 is 10.1 Å². The molecule has 0 aromatic heterocycles. The molecule has 0 radical (unpaired) electrons. The molecule has 0 bridgehead atoms. The molecule has 114 valence electrons. The van der Waals surface area contributed by atoms with E-state index < -0.39 is 12.1 Å². The van der Waals surface area contributed by atoms with Gasteiger partial charge in [0.2, 0.25) is 6.79 Å². The van der Waals surface area contributed by atoms with Crippen LogP contribution in [0, 0.1) is 0 Å². The van der Waals surface area contributed by atoms with Gasteiger partial charge in [0, 0.05) is 5.69 Å². The molecule has 0 saturated heterocycles. The smallest absolute Gasteiger partial charge is 0.414 e. The summed E-state index contributed by atoms with van der Waals surface area (Å²) in [4.78, 5) is 22.4. The van der Waals surface area contributed by atoms with Gasteiger partial charge in [-0.25, -0.2) is 9.59 Å². The molecule has 0 aliphatic carbocycles. The van der Waals surface area contributed by atoms with Crippen molar-refractivity contribution in [2.24, 2.45) is 0 Å². The Hall–Kier alpha value is -3.22. The van der Waals surface area contributed by atoms with Crippen molar-refractivity contribution in [1.82, 2.24) is 0 Å². The second-order valence-electron chi connectivity index (χ2n) is 4.17. The van der Waals surface area contributed by atoms with Gasteiger partial charge in [-0.2, -0.15) is 0 Å². The zero-order valence-corrected chi connectivity index (χ0v) is 11.4. The Balaban J connectivity index is 1.87. The Kier molecular flexibility index (Phi) is 4.81. The minimum atomic E-state index is -1.30. The van der Waals surface area contributed by atoms with E-state index in [1.54, 1.807) is 24.3 Å². The molecule has 1 amide bonds. The molecule has 0 saturated carbocycles. The summed E-state index contributed by atoms with van der Waals surface area (Å²) in [6.45, 7) is -0.292. The number of anilines is 1. The zero-order chi connectivity index (χ0) is 15.9. The Bertz CT molecular complexity index is 671. The molecular formula is C15H13NO6. The number of carboxylic acid groups (broad SMARTS) is 1. The highest BCUT2D eigenvalue weighted by atomic mass is 16.7. The van der Waals surface area contributed by atoms with Gasteiger partial charge < -0.3 is 19.7 Å². The molecule has 0 fully saturated rings. The number of hydrogen-bond donors (Lipinski definition) is 3. The average Bonchev–Trinajstić information content (AvgIpc) is 2.50. The highest BCUT2D eigenvalue weighted by molar-refractivity contribution is 5.93. The molecule has 2 rings (SSSR count). The second kappa shape index (κ2) is 6.98. The van der Waals surface area contributed by atoms with Crippen LogP contribution >= 0.6 is 0 Å². The molecular weight excluding hydrogens is 290 g/mol. The van der Waals surface area contributed by atoms with Crippen LogP contribution in [0.3, 0.4) is 0 Å². The maximum Gasteiger partial charge on any atom is 0.414 e. The number of phenols is 1. The molecule has 0 heterocycles. The van der Waals surface area contributed by atoms with Gasteiger partial charge in [-0.3, -0.25) is 5.32 Å². The van der Waals surface area contributed by atoms with Crippen LogP contribution in [0.5, 0.6) is 11.5 Å². The SMILES string of the molecule is O=C(Nc1ccc(O)c(C(=O)O)c1)OCOc1ccccc1. The Morgan fingerprint density at radius 3 is 2.50 bits per heavy atom. The molecule has 0 unspecified atom stereocenters. The summed E-state index contributed by atoms with van der Waals surface area (Å²) in [5, 5.41) is 20.6. The van der Waals surface area contributed by atoms with Gasteiger partial charge in [-0.1, -0.05) is 18.2 Å². The first-order valence-electron chi connectivity index (χ1n) is 6.24. The third-order valence-corrected chi connectivity index (χ3v) is 2.63. The third kappa shape index (κ3) is 4.14. The van der Waals surface area contributed by atoms with Gasteiger partial charge in [0.1, 0.15) is 17.1 Å². The lowest BCUT2D eigenvalue weighted by molar-refractivity contribution is 0.0677. The van der Waals surface area contributed by atoms with E-state index in [0.29, 0.717) is 5.75 Å².